The maximum atomic E-state index is 13.8. The summed E-state index contributed by atoms with van der Waals surface area (Å²) in [6, 6.07) is 7.28. The highest BCUT2D eigenvalue weighted by Gasteiger charge is 2.23. The van der Waals surface area contributed by atoms with Crippen molar-refractivity contribution in [3.8, 4) is 0 Å². The van der Waals surface area contributed by atoms with Crippen molar-refractivity contribution < 1.29 is 18.7 Å². The van der Waals surface area contributed by atoms with Gasteiger partial charge in [-0.2, -0.15) is 0 Å². The maximum absolute atomic E-state index is 13.8. The van der Waals surface area contributed by atoms with Crippen molar-refractivity contribution in [1.82, 2.24) is 4.98 Å². The van der Waals surface area contributed by atoms with Crippen LogP contribution in [-0.4, -0.2) is 23.3 Å². The van der Waals surface area contributed by atoms with Gasteiger partial charge in [0, 0.05) is 12.4 Å². The molecule has 1 aromatic heterocycles. The molecule has 0 amide bonds. The predicted octanol–water partition coefficient (Wildman–Crippen LogP) is 3.36. The number of ketones is 1. The molecular formula is C18H16FNO3. The molecular weight excluding hydrogens is 297 g/mol. The van der Waals surface area contributed by atoms with Crippen LogP contribution in [0.5, 0.6) is 0 Å². The Hall–Kier alpha value is -2.82. The average molecular weight is 313 g/mol. The number of ether oxygens (including phenoxy) is 1. The first-order chi connectivity index (χ1) is 11.0. The van der Waals surface area contributed by atoms with E-state index in [1.165, 1.54) is 36.5 Å². The number of carbonyl (C=O) groups is 2. The summed E-state index contributed by atoms with van der Waals surface area (Å²) < 4.78 is 18.8. The minimum Gasteiger partial charge on any atom is -0.462 e. The van der Waals surface area contributed by atoms with Crippen LogP contribution in [0.4, 0.5) is 4.39 Å². The number of nitrogens with zero attached hydrogens (tertiary/aromatic N) is 1. The predicted molar refractivity (Wildman–Crippen MR) is 84.3 cm³/mol. The lowest BCUT2D eigenvalue weighted by Gasteiger charge is -2.07. The molecule has 2 rings (SSSR count). The van der Waals surface area contributed by atoms with Gasteiger partial charge in [-0.25, -0.2) is 9.18 Å². The first-order valence-electron chi connectivity index (χ1n) is 7.12. The van der Waals surface area contributed by atoms with Crippen molar-refractivity contribution in [2.75, 3.05) is 6.61 Å². The summed E-state index contributed by atoms with van der Waals surface area (Å²) in [5.41, 5.74) is 1.04. The summed E-state index contributed by atoms with van der Waals surface area (Å²) in [5, 5.41) is 0. The van der Waals surface area contributed by atoms with Crippen molar-refractivity contribution in [1.29, 1.82) is 0 Å². The van der Waals surface area contributed by atoms with Crippen LogP contribution in [0.15, 0.2) is 48.3 Å². The molecule has 0 saturated heterocycles. The Balaban J connectivity index is 2.48. The molecule has 0 bridgehead atoms. The second-order valence-electron chi connectivity index (χ2n) is 4.88. The molecule has 4 nitrogen and oxygen atoms in total. The Labute approximate surface area is 133 Å². The topological polar surface area (TPSA) is 56.3 Å². The van der Waals surface area contributed by atoms with Crippen molar-refractivity contribution in [3.63, 3.8) is 0 Å². The number of carbonyl (C=O) groups excluding carboxylic acids is 2. The third kappa shape index (κ3) is 4.10. The number of esters is 1. The Bertz CT molecular complexity index is 768. The quantitative estimate of drug-likeness (QED) is 0.279. The Morgan fingerprint density at radius 2 is 2.00 bits per heavy atom. The largest absolute Gasteiger partial charge is 0.462 e. The lowest BCUT2D eigenvalue weighted by molar-refractivity contribution is -0.137. The number of hydrogen-bond acceptors (Lipinski definition) is 4. The van der Waals surface area contributed by atoms with Gasteiger partial charge in [-0.1, -0.05) is 12.1 Å². The number of hydrogen-bond donors (Lipinski definition) is 0. The van der Waals surface area contributed by atoms with E-state index in [-0.39, 0.29) is 17.7 Å². The second kappa shape index (κ2) is 7.45. The molecule has 1 aromatic carbocycles. The monoisotopic (exact) mass is 313 g/mol. The highest BCUT2D eigenvalue weighted by Crippen LogP contribution is 2.17. The molecule has 0 aliphatic heterocycles. The summed E-state index contributed by atoms with van der Waals surface area (Å²) in [6.07, 6.45) is 4.54. The van der Waals surface area contributed by atoms with E-state index >= 15 is 0 Å². The van der Waals surface area contributed by atoms with Crippen molar-refractivity contribution >= 4 is 17.8 Å². The maximum Gasteiger partial charge on any atom is 0.342 e. The summed E-state index contributed by atoms with van der Waals surface area (Å²) >= 11 is 0. The van der Waals surface area contributed by atoms with Gasteiger partial charge in [0.25, 0.3) is 0 Å². The van der Waals surface area contributed by atoms with Crippen LogP contribution < -0.4 is 0 Å². The summed E-state index contributed by atoms with van der Waals surface area (Å²) in [6.45, 7) is 3.59. The molecule has 0 fully saturated rings. The molecule has 0 N–H and O–H groups in total. The van der Waals surface area contributed by atoms with Crippen molar-refractivity contribution in [3.05, 3.63) is 70.8 Å². The van der Waals surface area contributed by atoms with Crippen LogP contribution in [0.25, 0.3) is 6.08 Å². The molecule has 0 saturated carbocycles. The Morgan fingerprint density at radius 3 is 2.65 bits per heavy atom. The number of aromatic nitrogens is 1. The number of rotatable bonds is 5. The van der Waals surface area contributed by atoms with E-state index in [1.54, 1.807) is 19.2 Å². The van der Waals surface area contributed by atoms with Crippen LogP contribution in [0.2, 0.25) is 0 Å². The zero-order valence-electron chi connectivity index (χ0n) is 12.9. The number of pyridine rings is 1. The fourth-order valence-corrected chi connectivity index (χ4v) is 2.04. The van der Waals surface area contributed by atoms with E-state index in [2.05, 4.69) is 4.98 Å². The molecule has 23 heavy (non-hydrogen) atoms. The van der Waals surface area contributed by atoms with Crippen LogP contribution in [-0.2, 0) is 9.53 Å². The molecule has 0 aliphatic carbocycles. The Morgan fingerprint density at radius 1 is 1.26 bits per heavy atom. The lowest BCUT2D eigenvalue weighted by atomic mass is 10.0. The van der Waals surface area contributed by atoms with E-state index in [0.717, 1.165) is 5.56 Å². The standard InChI is InChI=1S/C18H16FNO3/c1-3-23-18(22)15(9-13-8-12(2)10-20-11-13)17(21)14-6-4-5-7-16(14)19/h4-11H,3H2,1-2H3/b15-9-. The fourth-order valence-electron chi connectivity index (χ4n) is 2.04. The highest BCUT2D eigenvalue weighted by atomic mass is 19.1. The van der Waals surface area contributed by atoms with Gasteiger partial charge in [0.2, 0.25) is 5.78 Å². The van der Waals surface area contributed by atoms with Crippen LogP contribution in [0.1, 0.15) is 28.4 Å². The van der Waals surface area contributed by atoms with E-state index in [4.69, 9.17) is 4.74 Å². The van der Waals surface area contributed by atoms with E-state index < -0.39 is 17.6 Å². The van der Waals surface area contributed by atoms with E-state index in [1.807, 2.05) is 6.92 Å². The summed E-state index contributed by atoms with van der Waals surface area (Å²) in [4.78, 5) is 28.7. The molecule has 0 atom stereocenters. The van der Waals surface area contributed by atoms with E-state index in [0.29, 0.717) is 5.56 Å². The van der Waals surface area contributed by atoms with Gasteiger partial charge in [0.15, 0.2) is 0 Å². The number of Topliss-reactive ketones (excluding diaryl/α,β-unsaturated/α-hetero) is 1. The molecule has 0 radical (unpaired) electrons. The third-order valence-corrected chi connectivity index (χ3v) is 3.07. The van der Waals surface area contributed by atoms with Crippen LogP contribution >= 0.6 is 0 Å². The van der Waals surface area contributed by atoms with Gasteiger partial charge in [-0.3, -0.25) is 9.78 Å². The smallest absolute Gasteiger partial charge is 0.342 e. The molecule has 5 heteroatoms. The van der Waals surface area contributed by atoms with E-state index in [9.17, 15) is 14.0 Å². The SMILES string of the molecule is CCOC(=O)/C(=C\c1cncc(C)c1)C(=O)c1ccccc1F. The first-order valence-corrected chi connectivity index (χ1v) is 7.12. The van der Waals surface area contributed by atoms with Gasteiger partial charge in [-0.05, 0) is 49.2 Å². The molecule has 118 valence electrons. The molecule has 0 aliphatic rings. The lowest BCUT2D eigenvalue weighted by Crippen LogP contribution is -2.17. The minimum atomic E-state index is -0.790. The second-order valence-corrected chi connectivity index (χ2v) is 4.88. The van der Waals surface area contributed by atoms with Crippen LogP contribution in [0, 0.1) is 12.7 Å². The van der Waals surface area contributed by atoms with Crippen molar-refractivity contribution in [2.24, 2.45) is 0 Å². The first kappa shape index (κ1) is 16.5. The van der Waals surface area contributed by atoms with Gasteiger partial charge in [-0.15, -0.1) is 0 Å². The minimum absolute atomic E-state index is 0.118. The third-order valence-electron chi connectivity index (χ3n) is 3.07. The molecule has 0 spiro atoms. The van der Waals surface area contributed by atoms with Crippen molar-refractivity contribution in [2.45, 2.75) is 13.8 Å². The zero-order valence-corrected chi connectivity index (χ0v) is 12.9. The molecule has 0 unspecified atom stereocenters. The number of benzene rings is 1. The number of aryl methyl sites for hydroxylation is 1. The zero-order chi connectivity index (χ0) is 16.8. The summed E-state index contributed by atoms with van der Waals surface area (Å²) in [7, 11) is 0. The van der Waals surface area contributed by atoms with Gasteiger partial charge >= 0.3 is 5.97 Å². The fraction of sp³-hybridized carbons (Fsp3) is 0.167. The Kier molecular flexibility index (Phi) is 5.36. The van der Waals surface area contributed by atoms with Crippen LogP contribution in [0.3, 0.4) is 0 Å². The normalized spacial score (nSPS) is 11.2. The van der Waals surface area contributed by atoms with Gasteiger partial charge in [0.1, 0.15) is 11.4 Å². The number of halogens is 1. The molecule has 1 heterocycles. The average Bonchev–Trinajstić information content (AvgIpc) is 2.53. The molecule has 2 aromatic rings. The van der Waals surface area contributed by atoms with Gasteiger partial charge in [0.05, 0.1) is 12.2 Å². The highest BCUT2D eigenvalue weighted by molar-refractivity contribution is 6.26. The van der Waals surface area contributed by atoms with Gasteiger partial charge < -0.3 is 4.74 Å². The summed E-state index contributed by atoms with van der Waals surface area (Å²) in [5.74, 6) is -2.19.